The maximum absolute atomic E-state index is 12.3. The Hall–Kier alpha value is -2.09. The van der Waals surface area contributed by atoms with Crippen LogP contribution in [0.15, 0.2) is 42.5 Å². The highest BCUT2D eigenvalue weighted by molar-refractivity contribution is 5.83. The first kappa shape index (κ1) is 13.9. The van der Waals surface area contributed by atoms with Gasteiger partial charge in [-0.05, 0) is 42.0 Å². The molecule has 1 aliphatic rings. The van der Waals surface area contributed by atoms with Gasteiger partial charge in [-0.15, -0.1) is 0 Å². The highest BCUT2D eigenvalue weighted by Gasteiger charge is 2.13. The fraction of sp³-hybridized carbons (Fsp3) is 0.316. The molecule has 2 aromatic carbocycles. The van der Waals surface area contributed by atoms with Gasteiger partial charge in [-0.2, -0.15) is 0 Å². The largest absolute Gasteiger partial charge is 0.496 e. The first-order chi connectivity index (χ1) is 10.3. The standard InChI is InChI=1S/C19H20O2/c1-21-19-8-3-2-5-17(19)13-18(20)12-14-9-10-15-6-4-7-16(15)11-14/h2-3,5,8-11H,4,6-7,12-13H2,1H3. The van der Waals surface area contributed by atoms with Crippen LogP contribution in [0.4, 0.5) is 0 Å². The van der Waals surface area contributed by atoms with Crippen LogP contribution in [0.3, 0.4) is 0 Å². The Bertz CT molecular complexity index is 658. The van der Waals surface area contributed by atoms with Crippen LogP contribution in [0.2, 0.25) is 0 Å². The van der Waals surface area contributed by atoms with Crippen molar-refractivity contribution in [1.82, 2.24) is 0 Å². The number of ether oxygens (including phenoxy) is 1. The number of hydrogen-bond donors (Lipinski definition) is 0. The normalized spacial score (nSPS) is 13.0. The number of benzene rings is 2. The van der Waals surface area contributed by atoms with E-state index in [9.17, 15) is 4.79 Å². The lowest BCUT2D eigenvalue weighted by molar-refractivity contribution is -0.117. The molecule has 0 spiro atoms. The molecule has 0 saturated heterocycles. The zero-order chi connectivity index (χ0) is 14.7. The molecule has 108 valence electrons. The van der Waals surface area contributed by atoms with E-state index < -0.39 is 0 Å². The van der Waals surface area contributed by atoms with E-state index in [1.807, 2.05) is 24.3 Å². The van der Waals surface area contributed by atoms with Crippen LogP contribution in [0, 0.1) is 0 Å². The minimum Gasteiger partial charge on any atom is -0.496 e. The maximum atomic E-state index is 12.3. The van der Waals surface area contributed by atoms with Gasteiger partial charge < -0.3 is 4.74 Å². The monoisotopic (exact) mass is 280 g/mol. The van der Waals surface area contributed by atoms with Gasteiger partial charge in [0, 0.05) is 18.4 Å². The highest BCUT2D eigenvalue weighted by Crippen LogP contribution is 2.24. The number of aryl methyl sites for hydroxylation is 2. The molecule has 0 amide bonds. The molecule has 2 nitrogen and oxygen atoms in total. The van der Waals surface area contributed by atoms with Crippen molar-refractivity contribution in [2.75, 3.05) is 7.11 Å². The summed E-state index contributed by atoms with van der Waals surface area (Å²) in [7, 11) is 1.64. The third kappa shape index (κ3) is 3.15. The van der Waals surface area contributed by atoms with Crippen molar-refractivity contribution < 1.29 is 9.53 Å². The summed E-state index contributed by atoms with van der Waals surface area (Å²) in [6.07, 6.45) is 4.52. The molecule has 1 aliphatic carbocycles. The summed E-state index contributed by atoms with van der Waals surface area (Å²) in [5.74, 6) is 1.03. The molecule has 0 fully saturated rings. The summed E-state index contributed by atoms with van der Waals surface area (Å²) in [4.78, 5) is 12.3. The lowest BCUT2D eigenvalue weighted by Crippen LogP contribution is -2.08. The van der Waals surface area contributed by atoms with Crippen molar-refractivity contribution in [2.24, 2.45) is 0 Å². The number of para-hydroxylation sites is 1. The van der Waals surface area contributed by atoms with E-state index in [1.165, 1.54) is 24.0 Å². The second kappa shape index (κ2) is 6.13. The Morgan fingerprint density at radius 1 is 1.05 bits per heavy atom. The van der Waals surface area contributed by atoms with E-state index in [1.54, 1.807) is 7.11 Å². The molecule has 0 unspecified atom stereocenters. The summed E-state index contributed by atoms with van der Waals surface area (Å²) in [6.45, 7) is 0. The molecular formula is C19H20O2. The van der Waals surface area contributed by atoms with E-state index in [0.717, 1.165) is 23.3 Å². The van der Waals surface area contributed by atoms with Gasteiger partial charge in [0.1, 0.15) is 11.5 Å². The van der Waals surface area contributed by atoms with Crippen LogP contribution >= 0.6 is 0 Å². The number of carbonyl (C=O) groups excluding carboxylic acids is 1. The van der Waals surface area contributed by atoms with Gasteiger partial charge >= 0.3 is 0 Å². The van der Waals surface area contributed by atoms with Gasteiger partial charge in [0.15, 0.2) is 0 Å². The predicted molar refractivity (Wildman–Crippen MR) is 83.9 cm³/mol. The molecule has 0 radical (unpaired) electrons. The zero-order valence-corrected chi connectivity index (χ0v) is 12.4. The summed E-state index contributed by atoms with van der Waals surface area (Å²) in [5, 5.41) is 0. The van der Waals surface area contributed by atoms with Crippen molar-refractivity contribution in [2.45, 2.75) is 32.1 Å². The summed E-state index contributed by atoms with van der Waals surface area (Å²) < 4.78 is 5.30. The summed E-state index contributed by atoms with van der Waals surface area (Å²) in [6, 6.07) is 14.2. The van der Waals surface area contributed by atoms with E-state index in [-0.39, 0.29) is 5.78 Å². The van der Waals surface area contributed by atoms with Crippen LogP contribution in [0.25, 0.3) is 0 Å². The predicted octanol–water partition coefficient (Wildman–Crippen LogP) is 3.54. The Morgan fingerprint density at radius 2 is 1.86 bits per heavy atom. The van der Waals surface area contributed by atoms with Gasteiger partial charge in [-0.3, -0.25) is 4.79 Å². The second-order valence-electron chi connectivity index (χ2n) is 5.66. The molecule has 0 aromatic heterocycles. The van der Waals surface area contributed by atoms with Crippen LogP contribution < -0.4 is 4.74 Å². The fourth-order valence-corrected chi connectivity index (χ4v) is 3.09. The van der Waals surface area contributed by atoms with Gasteiger partial charge in [-0.1, -0.05) is 36.4 Å². The SMILES string of the molecule is COc1ccccc1CC(=O)Cc1ccc2c(c1)CCC2. The average Bonchev–Trinajstić information content (AvgIpc) is 2.95. The molecule has 2 aromatic rings. The lowest BCUT2D eigenvalue weighted by Gasteiger charge is -2.08. The summed E-state index contributed by atoms with van der Waals surface area (Å²) >= 11 is 0. The maximum Gasteiger partial charge on any atom is 0.141 e. The number of hydrogen-bond acceptors (Lipinski definition) is 2. The van der Waals surface area contributed by atoms with Crippen molar-refractivity contribution in [3.63, 3.8) is 0 Å². The van der Waals surface area contributed by atoms with Crippen molar-refractivity contribution in [1.29, 1.82) is 0 Å². The van der Waals surface area contributed by atoms with Crippen LogP contribution in [-0.4, -0.2) is 12.9 Å². The lowest BCUT2D eigenvalue weighted by atomic mass is 9.99. The number of methoxy groups -OCH3 is 1. The first-order valence-electron chi connectivity index (χ1n) is 7.50. The Labute approximate surface area is 125 Å². The fourth-order valence-electron chi connectivity index (χ4n) is 3.09. The molecule has 21 heavy (non-hydrogen) atoms. The van der Waals surface area contributed by atoms with Crippen LogP contribution in [0.5, 0.6) is 5.75 Å². The zero-order valence-electron chi connectivity index (χ0n) is 12.4. The number of Topliss-reactive ketones (excluding diaryl/α,β-unsaturated/α-hetero) is 1. The molecule has 0 atom stereocenters. The average molecular weight is 280 g/mol. The molecule has 0 saturated carbocycles. The number of carbonyl (C=O) groups is 1. The minimum absolute atomic E-state index is 0.234. The molecule has 3 rings (SSSR count). The van der Waals surface area contributed by atoms with E-state index in [4.69, 9.17) is 4.74 Å². The van der Waals surface area contributed by atoms with Crippen LogP contribution in [0.1, 0.15) is 28.7 Å². The number of fused-ring (bicyclic) bond motifs is 1. The summed E-state index contributed by atoms with van der Waals surface area (Å²) in [5.41, 5.74) is 4.98. The Balaban J connectivity index is 1.69. The Morgan fingerprint density at radius 3 is 2.71 bits per heavy atom. The molecule has 0 heterocycles. The third-order valence-electron chi connectivity index (χ3n) is 4.14. The minimum atomic E-state index is 0.234. The van der Waals surface area contributed by atoms with Gasteiger partial charge in [-0.25, -0.2) is 0 Å². The quantitative estimate of drug-likeness (QED) is 0.837. The van der Waals surface area contributed by atoms with Crippen molar-refractivity contribution in [3.8, 4) is 5.75 Å². The Kier molecular flexibility index (Phi) is 4.05. The molecule has 0 bridgehead atoms. The number of ketones is 1. The highest BCUT2D eigenvalue weighted by atomic mass is 16.5. The smallest absolute Gasteiger partial charge is 0.141 e. The van der Waals surface area contributed by atoms with Gasteiger partial charge in [0.05, 0.1) is 7.11 Å². The van der Waals surface area contributed by atoms with E-state index in [0.29, 0.717) is 12.8 Å². The molecule has 0 N–H and O–H groups in total. The third-order valence-corrected chi connectivity index (χ3v) is 4.14. The first-order valence-corrected chi connectivity index (χ1v) is 7.50. The topological polar surface area (TPSA) is 26.3 Å². The van der Waals surface area contributed by atoms with Gasteiger partial charge in [0.2, 0.25) is 0 Å². The second-order valence-corrected chi connectivity index (χ2v) is 5.66. The van der Waals surface area contributed by atoms with Gasteiger partial charge in [0.25, 0.3) is 0 Å². The molecule has 0 aliphatic heterocycles. The number of rotatable bonds is 5. The van der Waals surface area contributed by atoms with Crippen molar-refractivity contribution in [3.05, 3.63) is 64.7 Å². The molecule has 2 heteroatoms. The molecular weight excluding hydrogens is 260 g/mol. The van der Waals surface area contributed by atoms with E-state index in [2.05, 4.69) is 18.2 Å². The van der Waals surface area contributed by atoms with E-state index >= 15 is 0 Å². The van der Waals surface area contributed by atoms with Crippen LogP contribution in [-0.2, 0) is 30.5 Å². The van der Waals surface area contributed by atoms with Crippen molar-refractivity contribution >= 4 is 5.78 Å².